The number of hydrogen-bond acceptors (Lipinski definition) is 2. The van der Waals surface area contributed by atoms with Crippen LogP contribution in [-0.4, -0.2) is 25.6 Å². The van der Waals surface area contributed by atoms with E-state index in [1.807, 2.05) is 0 Å². The summed E-state index contributed by atoms with van der Waals surface area (Å²) in [5, 5.41) is 10.8. The first-order valence-corrected chi connectivity index (χ1v) is 14.4. The third-order valence-electron chi connectivity index (χ3n) is 5.81. The molecule has 0 rings (SSSR count). The molecule has 0 aromatic heterocycles. The fourth-order valence-corrected chi connectivity index (χ4v) is 4.18. The number of hydrogen-bond donors (Lipinski definition) is 1. The Labute approximate surface area is 177 Å². The Morgan fingerprint density at radius 3 is 2.04 bits per heavy atom. The Bertz CT molecular complexity index is 487. The second-order valence-corrected chi connectivity index (χ2v) is 14.7. The number of aliphatic hydroxyl groups is 1. The molecular formula is C25H48O2Si. The highest BCUT2D eigenvalue weighted by molar-refractivity contribution is 6.74. The van der Waals surface area contributed by atoms with E-state index < -0.39 is 14.4 Å². The third-order valence-corrected chi connectivity index (χ3v) is 10.3. The molecule has 0 amide bonds. The Kier molecular flexibility index (Phi) is 14.1. The van der Waals surface area contributed by atoms with Gasteiger partial charge >= 0.3 is 0 Å². The largest absolute Gasteiger partial charge is 0.410 e. The van der Waals surface area contributed by atoms with Crippen LogP contribution in [-0.2, 0) is 4.43 Å². The fourth-order valence-electron chi connectivity index (χ4n) is 2.83. The van der Waals surface area contributed by atoms with Crippen molar-refractivity contribution in [2.75, 3.05) is 0 Å². The van der Waals surface area contributed by atoms with E-state index in [0.717, 1.165) is 12.8 Å². The molecule has 0 aliphatic rings. The number of unbranched alkanes of at least 4 members (excludes halogenated alkanes) is 7. The van der Waals surface area contributed by atoms with Crippen molar-refractivity contribution in [1.82, 2.24) is 0 Å². The molecule has 0 aliphatic carbocycles. The van der Waals surface area contributed by atoms with E-state index in [2.05, 4.69) is 72.6 Å². The Morgan fingerprint density at radius 1 is 1.00 bits per heavy atom. The Morgan fingerprint density at radius 2 is 1.54 bits per heavy atom. The Balaban J connectivity index is 4.70. The van der Waals surface area contributed by atoms with Crippen LogP contribution in [0.2, 0.25) is 18.1 Å². The van der Waals surface area contributed by atoms with Crippen molar-refractivity contribution in [3.8, 4) is 11.8 Å². The number of aliphatic hydroxyl groups excluding tert-OH is 1. The summed E-state index contributed by atoms with van der Waals surface area (Å²) >= 11 is 0. The fraction of sp³-hybridized carbons (Fsp3) is 0.840. The smallest absolute Gasteiger partial charge is 0.192 e. The van der Waals surface area contributed by atoms with Crippen molar-refractivity contribution in [2.45, 2.75) is 136 Å². The lowest BCUT2D eigenvalue weighted by atomic mass is 10.0. The molecule has 0 heterocycles. The second kappa shape index (κ2) is 14.4. The molecule has 0 bridgehead atoms. The average molecular weight is 409 g/mol. The quantitative estimate of drug-likeness (QED) is 0.147. The summed E-state index contributed by atoms with van der Waals surface area (Å²) in [7, 11) is -1.93. The maximum Gasteiger partial charge on any atom is 0.192 e. The van der Waals surface area contributed by atoms with Crippen LogP contribution >= 0.6 is 0 Å². The molecule has 2 atom stereocenters. The predicted molar refractivity (Wildman–Crippen MR) is 127 cm³/mol. The van der Waals surface area contributed by atoms with Gasteiger partial charge in [0.25, 0.3) is 0 Å². The van der Waals surface area contributed by atoms with Crippen LogP contribution < -0.4 is 0 Å². The molecule has 1 N–H and O–H groups in total. The molecule has 0 aromatic rings. The summed E-state index contributed by atoms with van der Waals surface area (Å²) in [5.74, 6) is 6.16. The van der Waals surface area contributed by atoms with Gasteiger partial charge in [-0.25, -0.2) is 0 Å². The minimum Gasteiger partial charge on any atom is -0.410 e. The highest BCUT2D eigenvalue weighted by Gasteiger charge is 2.40. The molecule has 3 heteroatoms. The summed E-state index contributed by atoms with van der Waals surface area (Å²) in [6, 6.07) is 0. The molecule has 0 unspecified atom stereocenters. The van der Waals surface area contributed by atoms with Gasteiger partial charge in [0, 0.05) is 6.42 Å². The second-order valence-electron chi connectivity index (χ2n) is 9.93. The van der Waals surface area contributed by atoms with Gasteiger partial charge in [-0.05, 0) is 38.4 Å². The van der Waals surface area contributed by atoms with Gasteiger partial charge in [-0.2, -0.15) is 0 Å². The highest BCUT2D eigenvalue weighted by atomic mass is 28.4. The monoisotopic (exact) mass is 408 g/mol. The molecule has 0 saturated carbocycles. The molecule has 28 heavy (non-hydrogen) atoms. The SMILES string of the molecule is CCCCCCCCCC[C@@H](O[Si](C)(C)C(C)(C)C)[C@H](O)C#CCC=C(C)C. The zero-order valence-corrected chi connectivity index (χ0v) is 21.2. The van der Waals surface area contributed by atoms with E-state index in [9.17, 15) is 5.11 Å². The molecule has 0 radical (unpaired) electrons. The first-order valence-electron chi connectivity index (χ1n) is 11.5. The van der Waals surface area contributed by atoms with Crippen molar-refractivity contribution in [3.05, 3.63) is 11.6 Å². The zero-order chi connectivity index (χ0) is 21.6. The van der Waals surface area contributed by atoms with Gasteiger partial charge in [0.05, 0.1) is 6.10 Å². The molecule has 2 nitrogen and oxygen atoms in total. The van der Waals surface area contributed by atoms with Crippen LogP contribution in [0.5, 0.6) is 0 Å². The van der Waals surface area contributed by atoms with Crippen LogP contribution in [0.25, 0.3) is 0 Å². The molecule has 0 aliphatic heterocycles. The Hall–Kier alpha value is -0.563. The summed E-state index contributed by atoms with van der Waals surface area (Å²) in [5.41, 5.74) is 1.26. The van der Waals surface area contributed by atoms with Gasteiger partial charge in [-0.15, -0.1) is 0 Å². The van der Waals surface area contributed by atoms with Crippen LogP contribution in [0.4, 0.5) is 0 Å². The van der Waals surface area contributed by atoms with E-state index in [1.165, 1.54) is 50.5 Å². The van der Waals surface area contributed by atoms with Crippen LogP contribution in [0, 0.1) is 11.8 Å². The van der Waals surface area contributed by atoms with Crippen molar-refractivity contribution < 1.29 is 9.53 Å². The molecule has 0 spiro atoms. The molecular weight excluding hydrogens is 360 g/mol. The predicted octanol–water partition coefficient (Wildman–Crippen LogP) is 7.63. The first kappa shape index (κ1) is 27.4. The van der Waals surface area contributed by atoms with Crippen molar-refractivity contribution in [1.29, 1.82) is 0 Å². The minimum atomic E-state index is -1.93. The maximum absolute atomic E-state index is 10.7. The summed E-state index contributed by atoms with van der Waals surface area (Å²) in [4.78, 5) is 0. The van der Waals surface area contributed by atoms with Gasteiger partial charge in [-0.3, -0.25) is 0 Å². The topological polar surface area (TPSA) is 29.5 Å². The summed E-state index contributed by atoms with van der Waals surface area (Å²) in [6.07, 6.45) is 13.2. The minimum absolute atomic E-state index is 0.139. The van der Waals surface area contributed by atoms with Crippen molar-refractivity contribution in [2.24, 2.45) is 0 Å². The summed E-state index contributed by atoms with van der Waals surface area (Å²) < 4.78 is 6.57. The molecule has 0 aromatic carbocycles. The lowest BCUT2D eigenvalue weighted by Crippen LogP contribution is -2.46. The van der Waals surface area contributed by atoms with Gasteiger partial charge < -0.3 is 9.53 Å². The molecule has 0 saturated heterocycles. The molecule has 0 fully saturated rings. The van der Waals surface area contributed by atoms with Crippen LogP contribution in [0.3, 0.4) is 0 Å². The van der Waals surface area contributed by atoms with Crippen LogP contribution in [0.15, 0.2) is 11.6 Å². The lowest BCUT2D eigenvalue weighted by Gasteiger charge is -2.40. The van der Waals surface area contributed by atoms with E-state index >= 15 is 0 Å². The van der Waals surface area contributed by atoms with E-state index in [0.29, 0.717) is 6.42 Å². The first-order chi connectivity index (χ1) is 13.0. The van der Waals surface area contributed by atoms with Gasteiger partial charge in [0.15, 0.2) is 8.32 Å². The van der Waals surface area contributed by atoms with Gasteiger partial charge in [-0.1, -0.05) is 103 Å². The van der Waals surface area contributed by atoms with E-state index in [4.69, 9.17) is 4.43 Å². The standard InChI is InChI=1S/C25H48O2Si/c1-9-10-11-12-13-14-15-16-21-24(27-28(7,8)25(4,5)6)23(26)20-18-17-19-22(2)3/h19,23-24,26H,9-17,21H2,1-8H3/t23-,24-/m1/s1. The number of allylic oxidation sites excluding steroid dienone is 2. The van der Waals surface area contributed by atoms with Crippen molar-refractivity contribution in [3.63, 3.8) is 0 Å². The third kappa shape index (κ3) is 12.8. The average Bonchev–Trinajstić information content (AvgIpc) is 2.58. The van der Waals surface area contributed by atoms with Crippen molar-refractivity contribution >= 4 is 8.32 Å². The lowest BCUT2D eigenvalue weighted by molar-refractivity contribution is 0.0548. The van der Waals surface area contributed by atoms with E-state index in [-0.39, 0.29) is 11.1 Å². The molecule has 164 valence electrons. The maximum atomic E-state index is 10.7. The van der Waals surface area contributed by atoms with Gasteiger partial charge in [0.1, 0.15) is 6.10 Å². The number of rotatable bonds is 13. The van der Waals surface area contributed by atoms with Crippen LogP contribution in [0.1, 0.15) is 106 Å². The summed E-state index contributed by atoms with van der Waals surface area (Å²) in [6.45, 7) is 17.7. The van der Waals surface area contributed by atoms with E-state index in [1.54, 1.807) is 0 Å². The van der Waals surface area contributed by atoms with Gasteiger partial charge in [0.2, 0.25) is 0 Å². The highest BCUT2D eigenvalue weighted by Crippen LogP contribution is 2.38. The zero-order valence-electron chi connectivity index (χ0n) is 20.2. The normalized spacial score (nSPS) is 14.2.